The van der Waals surface area contributed by atoms with Crippen LogP contribution in [0.5, 0.6) is 0 Å². The van der Waals surface area contributed by atoms with Gasteiger partial charge < -0.3 is 5.11 Å². The summed E-state index contributed by atoms with van der Waals surface area (Å²) in [6, 6.07) is 5.43. The van der Waals surface area contributed by atoms with Crippen molar-refractivity contribution in [1.82, 2.24) is 0 Å². The summed E-state index contributed by atoms with van der Waals surface area (Å²) in [6.07, 6.45) is -1.00. The van der Waals surface area contributed by atoms with Crippen molar-refractivity contribution in [3.8, 4) is 0 Å². The van der Waals surface area contributed by atoms with E-state index in [0.717, 1.165) is 0 Å². The van der Waals surface area contributed by atoms with Crippen LogP contribution in [0.2, 0.25) is 0 Å². The lowest BCUT2D eigenvalue weighted by molar-refractivity contribution is -0.385. The van der Waals surface area contributed by atoms with Crippen molar-refractivity contribution in [1.29, 1.82) is 0 Å². The summed E-state index contributed by atoms with van der Waals surface area (Å²) in [5, 5.41) is 19.9. The molecule has 7 heteroatoms. The number of hydrogen-bond acceptors (Lipinski definition) is 5. The third-order valence-corrected chi connectivity index (χ3v) is 5.36. The van der Waals surface area contributed by atoms with Crippen molar-refractivity contribution < 1.29 is 18.4 Å². The molecule has 1 aromatic rings. The highest BCUT2D eigenvalue weighted by atomic mass is 32.2. The van der Waals surface area contributed by atoms with Crippen molar-refractivity contribution in [2.45, 2.75) is 31.6 Å². The minimum Gasteiger partial charge on any atom is -0.387 e. The molecule has 2 atom stereocenters. The second kappa shape index (κ2) is 6.12. The summed E-state index contributed by atoms with van der Waals surface area (Å²) in [6.45, 7) is 3.18. The molecule has 6 nitrogen and oxygen atoms in total. The predicted molar refractivity (Wildman–Crippen MR) is 71.6 cm³/mol. The number of hydrogen-bond donors (Lipinski definition) is 1. The summed E-state index contributed by atoms with van der Waals surface area (Å²) in [5.74, 6) is -0.0719. The van der Waals surface area contributed by atoms with Gasteiger partial charge in [-0.3, -0.25) is 10.1 Å². The van der Waals surface area contributed by atoms with Gasteiger partial charge in [0.2, 0.25) is 0 Å². The van der Waals surface area contributed by atoms with Crippen LogP contribution in [-0.4, -0.2) is 29.5 Å². The molecule has 0 spiro atoms. The monoisotopic (exact) mass is 287 g/mol. The molecule has 0 amide bonds. The Bertz CT molecular complexity index is 555. The van der Waals surface area contributed by atoms with E-state index >= 15 is 0 Å². The van der Waals surface area contributed by atoms with Crippen molar-refractivity contribution >= 4 is 15.5 Å². The zero-order valence-corrected chi connectivity index (χ0v) is 11.6. The second-order valence-electron chi connectivity index (χ2n) is 4.20. The van der Waals surface area contributed by atoms with E-state index in [2.05, 4.69) is 0 Å². The van der Waals surface area contributed by atoms with Gasteiger partial charge in [0.1, 0.15) is 0 Å². The van der Waals surface area contributed by atoms with Crippen LogP contribution in [0.25, 0.3) is 0 Å². The third kappa shape index (κ3) is 3.51. The van der Waals surface area contributed by atoms with E-state index < -0.39 is 26.1 Å². The number of nitro benzene ring substituents is 1. The van der Waals surface area contributed by atoms with Crippen LogP contribution in [0.4, 0.5) is 5.69 Å². The number of benzene rings is 1. The van der Waals surface area contributed by atoms with Gasteiger partial charge in [-0.25, -0.2) is 8.42 Å². The summed E-state index contributed by atoms with van der Waals surface area (Å²) < 4.78 is 23.7. The SMILES string of the molecule is CCC(C(O)c1cccc([N+](=O)[O-])c1)S(=O)(=O)CC. The third-order valence-electron chi connectivity index (χ3n) is 3.04. The summed E-state index contributed by atoms with van der Waals surface area (Å²) in [4.78, 5) is 10.1. The van der Waals surface area contributed by atoms with Crippen molar-refractivity contribution in [3.63, 3.8) is 0 Å². The van der Waals surface area contributed by atoms with E-state index in [1.807, 2.05) is 0 Å². The maximum atomic E-state index is 11.9. The van der Waals surface area contributed by atoms with Crippen LogP contribution >= 0.6 is 0 Å². The summed E-state index contributed by atoms with van der Waals surface area (Å²) >= 11 is 0. The van der Waals surface area contributed by atoms with E-state index in [4.69, 9.17) is 0 Å². The molecular formula is C12H17NO5S. The standard InChI is InChI=1S/C12H17NO5S/c1-3-11(19(17,18)4-2)12(14)9-6-5-7-10(8-9)13(15)16/h5-8,11-12,14H,3-4H2,1-2H3. The smallest absolute Gasteiger partial charge is 0.269 e. The normalized spacial score (nSPS) is 14.9. The van der Waals surface area contributed by atoms with Crippen LogP contribution < -0.4 is 0 Å². The molecule has 1 aromatic carbocycles. The molecule has 0 bridgehead atoms. The Morgan fingerprint density at radius 2 is 2.00 bits per heavy atom. The van der Waals surface area contributed by atoms with Gasteiger partial charge in [-0.2, -0.15) is 0 Å². The van der Waals surface area contributed by atoms with E-state index in [9.17, 15) is 23.6 Å². The molecule has 1 rings (SSSR count). The van der Waals surface area contributed by atoms with Crippen molar-refractivity contribution in [2.24, 2.45) is 0 Å². The van der Waals surface area contributed by atoms with Crippen LogP contribution in [0.3, 0.4) is 0 Å². The first-order chi connectivity index (χ1) is 8.83. The fourth-order valence-corrected chi connectivity index (χ4v) is 3.41. The Labute approximate surface area is 112 Å². The topological polar surface area (TPSA) is 97.5 Å². The van der Waals surface area contributed by atoms with E-state index in [1.165, 1.54) is 31.2 Å². The molecule has 0 aromatic heterocycles. The average Bonchev–Trinajstić information content (AvgIpc) is 2.39. The molecule has 0 radical (unpaired) electrons. The minimum absolute atomic E-state index is 0.0719. The lowest BCUT2D eigenvalue weighted by Gasteiger charge is -2.21. The van der Waals surface area contributed by atoms with Gasteiger partial charge in [0, 0.05) is 17.9 Å². The molecule has 0 aliphatic rings. The van der Waals surface area contributed by atoms with Gasteiger partial charge in [0.15, 0.2) is 9.84 Å². The van der Waals surface area contributed by atoms with E-state index in [1.54, 1.807) is 6.92 Å². The number of non-ortho nitro benzene ring substituents is 1. The number of aliphatic hydroxyl groups excluding tert-OH is 1. The maximum absolute atomic E-state index is 11.9. The molecule has 0 aliphatic carbocycles. The molecule has 1 N–H and O–H groups in total. The van der Waals surface area contributed by atoms with Gasteiger partial charge in [0.25, 0.3) is 5.69 Å². The van der Waals surface area contributed by atoms with Crippen LogP contribution in [-0.2, 0) is 9.84 Å². The first-order valence-electron chi connectivity index (χ1n) is 5.97. The Balaban J connectivity index is 3.14. The highest BCUT2D eigenvalue weighted by molar-refractivity contribution is 7.92. The molecule has 19 heavy (non-hydrogen) atoms. The predicted octanol–water partition coefficient (Wildman–Crippen LogP) is 1.84. The molecule has 2 unspecified atom stereocenters. The van der Waals surface area contributed by atoms with Crippen molar-refractivity contribution in [3.05, 3.63) is 39.9 Å². The highest BCUT2D eigenvalue weighted by Gasteiger charge is 2.31. The number of nitrogens with zero attached hydrogens (tertiary/aromatic N) is 1. The maximum Gasteiger partial charge on any atom is 0.269 e. The van der Waals surface area contributed by atoms with Gasteiger partial charge in [-0.15, -0.1) is 0 Å². The molecule has 106 valence electrons. The number of sulfone groups is 1. The molecule has 0 saturated carbocycles. The molecule has 0 heterocycles. The molecule has 0 saturated heterocycles. The molecule has 0 aliphatic heterocycles. The molecule has 0 fully saturated rings. The van der Waals surface area contributed by atoms with E-state index in [-0.39, 0.29) is 23.4 Å². The van der Waals surface area contributed by atoms with Crippen LogP contribution in [0, 0.1) is 10.1 Å². The van der Waals surface area contributed by atoms with Gasteiger partial charge in [0.05, 0.1) is 16.3 Å². The number of aliphatic hydroxyl groups is 1. The minimum atomic E-state index is -3.41. The first-order valence-corrected chi connectivity index (χ1v) is 7.69. The average molecular weight is 287 g/mol. The lowest BCUT2D eigenvalue weighted by Crippen LogP contribution is -2.29. The Kier molecular flexibility index (Phi) is 5.02. The van der Waals surface area contributed by atoms with Gasteiger partial charge in [-0.1, -0.05) is 26.0 Å². The fraction of sp³-hybridized carbons (Fsp3) is 0.500. The number of nitro groups is 1. The first kappa shape index (κ1) is 15.6. The quantitative estimate of drug-likeness (QED) is 0.636. The van der Waals surface area contributed by atoms with Crippen LogP contribution in [0.15, 0.2) is 24.3 Å². The van der Waals surface area contributed by atoms with Gasteiger partial charge >= 0.3 is 0 Å². The zero-order chi connectivity index (χ0) is 14.6. The zero-order valence-electron chi connectivity index (χ0n) is 10.8. The molecular weight excluding hydrogens is 270 g/mol. The Morgan fingerprint density at radius 1 is 1.37 bits per heavy atom. The Morgan fingerprint density at radius 3 is 2.47 bits per heavy atom. The van der Waals surface area contributed by atoms with Crippen molar-refractivity contribution in [2.75, 3.05) is 5.75 Å². The summed E-state index contributed by atoms with van der Waals surface area (Å²) in [7, 11) is -3.41. The van der Waals surface area contributed by atoms with E-state index in [0.29, 0.717) is 0 Å². The Hall–Kier alpha value is -1.47. The highest BCUT2D eigenvalue weighted by Crippen LogP contribution is 2.27. The largest absolute Gasteiger partial charge is 0.387 e. The summed E-state index contributed by atoms with van der Waals surface area (Å²) in [5.41, 5.74) is 0.0818. The van der Waals surface area contributed by atoms with Gasteiger partial charge in [-0.05, 0) is 12.0 Å². The van der Waals surface area contributed by atoms with Crippen LogP contribution in [0.1, 0.15) is 31.9 Å². The number of rotatable bonds is 6. The second-order valence-corrected chi connectivity index (χ2v) is 6.70. The fourth-order valence-electron chi connectivity index (χ4n) is 1.92. The lowest BCUT2D eigenvalue weighted by atomic mass is 10.0.